The number of likely N-dealkylation sites (tertiary alicyclic amines) is 1. The Morgan fingerprint density at radius 3 is 2.78 bits per heavy atom. The molecule has 7 nitrogen and oxygen atoms in total. The molecular formula is C24H29N5O2S. The van der Waals surface area contributed by atoms with Gasteiger partial charge in [-0.25, -0.2) is 0 Å². The van der Waals surface area contributed by atoms with Gasteiger partial charge >= 0.3 is 0 Å². The predicted octanol–water partition coefficient (Wildman–Crippen LogP) is 3.04. The lowest BCUT2D eigenvalue weighted by Crippen LogP contribution is -2.63. The molecule has 168 valence electrons. The Bertz CT molecular complexity index is 1090. The van der Waals surface area contributed by atoms with Gasteiger partial charge in [-0.2, -0.15) is 0 Å². The molecule has 3 heterocycles. The summed E-state index contributed by atoms with van der Waals surface area (Å²) >= 11 is 1.54. The van der Waals surface area contributed by atoms with Crippen molar-refractivity contribution < 1.29 is 9.90 Å². The zero-order chi connectivity index (χ0) is 22.1. The lowest BCUT2D eigenvalue weighted by Gasteiger charge is -2.48. The third kappa shape index (κ3) is 4.35. The highest BCUT2D eigenvalue weighted by atomic mass is 32.1. The smallest absolute Gasteiger partial charge is 0.239 e. The number of thiazole rings is 1. The van der Waals surface area contributed by atoms with E-state index in [0.29, 0.717) is 6.04 Å². The number of hydrogen-bond acceptors (Lipinski definition) is 7. The van der Waals surface area contributed by atoms with Crippen molar-refractivity contribution in [3.8, 4) is 0 Å². The van der Waals surface area contributed by atoms with Crippen LogP contribution in [0.3, 0.4) is 0 Å². The minimum Gasteiger partial charge on any atom is -0.384 e. The van der Waals surface area contributed by atoms with Gasteiger partial charge in [-0.3, -0.25) is 19.7 Å². The van der Waals surface area contributed by atoms with Crippen molar-refractivity contribution in [3.63, 3.8) is 0 Å². The third-order valence-electron chi connectivity index (χ3n) is 6.82. The van der Waals surface area contributed by atoms with Crippen LogP contribution in [-0.2, 0) is 10.4 Å². The molecule has 2 aliphatic rings. The largest absolute Gasteiger partial charge is 0.384 e. The second kappa shape index (κ2) is 8.77. The Balaban J connectivity index is 1.07. The molecule has 2 fully saturated rings. The van der Waals surface area contributed by atoms with Crippen molar-refractivity contribution in [2.75, 3.05) is 25.0 Å². The lowest BCUT2D eigenvalue weighted by molar-refractivity contribution is -0.121. The zero-order valence-electron chi connectivity index (χ0n) is 18.3. The number of anilines is 1. The quantitative estimate of drug-likeness (QED) is 0.534. The van der Waals surface area contributed by atoms with Crippen molar-refractivity contribution in [2.24, 2.45) is 0 Å². The number of aryl methyl sites for hydroxylation is 1. The van der Waals surface area contributed by atoms with Gasteiger partial charge in [-0.1, -0.05) is 17.7 Å². The zero-order valence-corrected chi connectivity index (χ0v) is 19.1. The topological polar surface area (TPSA) is 90.4 Å². The maximum atomic E-state index is 12.5. The average Bonchev–Trinajstić information content (AvgIpc) is 3.31. The standard InChI is InChI=1S/C24H29N5O2S/c1-16-2-3-17-9-25-10-21(20(17)8-16)27-12-23(30)28-18-13-29(14-18)19-4-6-24(31,7-5-19)22-11-26-15-32-22/h2-3,8-11,15,18-19,27,31H,4-7,12-14H2,1H3,(H,28,30)/t19-,24+. The molecule has 8 heteroatoms. The van der Waals surface area contributed by atoms with Gasteiger partial charge in [0.15, 0.2) is 0 Å². The van der Waals surface area contributed by atoms with Gasteiger partial charge in [-0.15, -0.1) is 11.3 Å². The molecule has 0 atom stereocenters. The maximum absolute atomic E-state index is 12.5. The van der Waals surface area contributed by atoms with E-state index in [2.05, 4.69) is 50.6 Å². The molecule has 1 aliphatic heterocycles. The van der Waals surface area contributed by atoms with E-state index in [0.717, 1.165) is 60.1 Å². The SMILES string of the molecule is Cc1ccc2cncc(NCC(=O)NC3CN([C@H]4CC[C@](O)(c5cncs5)CC4)C3)c2c1. The van der Waals surface area contributed by atoms with Crippen molar-refractivity contribution in [1.29, 1.82) is 0 Å². The number of fused-ring (bicyclic) bond motifs is 1. The number of aliphatic hydroxyl groups is 1. The van der Waals surface area contributed by atoms with Gasteiger partial charge in [0, 0.05) is 42.3 Å². The summed E-state index contributed by atoms with van der Waals surface area (Å²) in [7, 11) is 0. The van der Waals surface area contributed by atoms with Crippen LogP contribution in [0.4, 0.5) is 5.69 Å². The molecule has 3 aromatic rings. The van der Waals surface area contributed by atoms with Gasteiger partial charge in [0.05, 0.1) is 34.9 Å². The minimum absolute atomic E-state index is 0.00233. The van der Waals surface area contributed by atoms with Crippen LogP contribution in [0.5, 0.6) is 0 Å². The first-order valence-corrected chi connectivity index (χ1v) is 12.1. The summed E-state index contributed by atoms with van der Waals surface area (Å²) in [5, 5.41) is 19.4. The Hall–Kier alpha value is -2.55. The number of nitrogens with one attached hydrogen (secondary N) is 2. The van der Waals surface area contributed by atoms with Crippen LogP contribution in [0.25, 0.3) is 10.8 Å². The van der Waals surface area contributed by atoms with E-state index in [1.54, 1.807) is 17.9 Å². The number of hydrogen-bond donors (Lipinski definition) is 3. The fourth-order valence-electron chi connectivity index (χ4n) is 4.91. The number of amides is 1. The van der Waals surface area contributed by atoms with Crippen molar-refractivity contribution in [1.82, 2.24) is 20.2 Å². The number of carbonyl (C=O) groups excluding carboxylic acids is 1. The Kier molecular flexibility index (Phi) is 5.84. The summed E-state index contributed by atoms with van der Waals surface area (Å²) in [6.07, 6.45) is 8.91. The van der Waals surface area contributed by atoms with E-state index >= 15 is 0 Å². The second-order valence-corrected chi connectivity index (χ2v) is 10.00. The number of benzene rings is 1. The number of carbonyl (C=O) groups is 1. The van der Waals surface area contributed by atoms with E-state index in [9.17, 15) is 9.90 Å². The molecule has 1 saturated carbocycles. The first-order valence-electron chi connectivity index (χ1n) is 11.2. The third-order valence-corrected chi connectivity index (χ3v) is 7.79. The van der Waals surface area contributed by atoms with Crippen LogP contribution in [0.2, 0.25) is 0 Å². The van der Waals surface area contributed by atoms with E-state index < -0.39 is 5.60 Å². The van der Waals surface area contributed by atoms with Crippen LogP contribution < -0.4 is 10.6 Å². The maximum Gasteiger partial charge on any atom is 0.239 e. The average molecular weight is 452 g/mol. The van der Waals surface area contributed by atoms with Crippen LogP contribution in [0.15, 0.2) is 42.3 Å². The molecule has 1 saturated heterocycles. The summed E-state index contributed by atoms with van der Waals surface area (Å²) in [5.74, 6) is 0.00233. The first kappa shape index (κ1) is 21.3. The molecule has 1 aromatic carbocycles. The Morgan fingerprint density at radius 2 is 2.03 bits per heavy atom. The summed E-state index contributed by atoms with van der Waals surface area (Å²) in [6, 6.07) is 6.91. The molecule has 1 aliphatic carbocycles. The summed E-state index contributed by atoms with van der Waals surface area (Å²) in [6.45, 7) is 4.05. The number of aromatic nitrogens is 2. The molecule has 0 unspecified atom stereocenters. The lowest BCUT2D eigenvalue weighted by atomic mass is 9.80. The van der Waals surface area contributed by atoms with E-state index in [4.69, 9.17) is 0 Å². The molecule has 2 aromatic heterocycles. The Morgan fingerprint density at radius 1 is 1.22 bits per heavy atom. The number of nitrogens with zero attached hydrogens (tertiary/aromatic N) is 3. The summed E-state index contributed by atoms with van der Waals surface area (Å²) in [5.41, 5.74) is 3.14. The highest BCUT2D eigenvalue weighted by molar-refractivity contribution is 7.09. The predicted molar refractivity (Wildman–Crippen MR) is 127 cm³/mol. The van der Waals surface area contributed by atoms with Crippen molar-refractivity contribution >= 4 is 33.7 Å². The fraction of sp³-hybridized carbons (Fsp3) is 0.458. The van der Waals surface area contributed by atoms with E-state index in [1.165, 1.54) is 16.9 Å². The number of pyridine rings is 1. The van der Waals surface area contributed by atoms with Crippen LogP contribution >= 0.6 is 11.3 Å². The van der Waals surface area contributed by atoms with Crippen LogP contribution in [0, 0.1) is 6.92 Å². The van der Waals surface area contributed by atoms with Gasteiger partial charge in [-0.05, 0) is 38.7 Å². The molecule has 0 bridgehead atoms. The summed E-state index contributed by atoms with van der Waals surface area (Å²) < 4.78 is 0. The van der Waals surface area contributed by atoms with Gasteiger partial charge < -0.3 is 15.7 Å². The van der Waals surface area contributed by atoms with Crippen molar-refractivity contribution in [3.05, 3.63) is 52.7 Å². The fourth-order valence-corrected chi connectivity index (χ4v) is 5.69. The van der Waals surface area contributed by atoms with Crippen LogP contribution in [-0.4, -0.2) is 57.6 Å². The number of rotatable bonds is 6. The minimum atomic E-state index is -0.711. The molecule has 0 spiro atoms. The van der Waals surface area contributed by atoms with Gasteiger partial charge in [0.1, 0.15) is 5.60 Å². The Labute approximate surface area is 191 Å². The summed E-state index contributed by atoms with van der Waals surface area (Å²) in [4.78, 5) is 24.3. The van der Waals surface area contributed by atoms with Crippen LogP contribution in [0.1, 0.15) is 36.1 Å². The molecule has 5 rings (SSSR count). The highest BCUT2D eigenvalue weighted by Crippen LogP contribution is 2.40. The van der Waals surface area contributed by atoms with Gasteiger partial charge in [0.2, 0.25) is 5.91 Å². The van der Waals surface area contributed by atoms with E-state index in [-0.39, 0.29) is 18.5 Å². The monoisotopic (exact) mass is 451 g/mol. The molecular weight excluding hydrogens is 422 g/mol. The van der Waals surface area contributed by atoms with E-state index in [1.807, 2.05) is 6.20 Å². The first-order chi connectivity index (χ1) is 15.5. The van der Waals surface area contributed by atoms with Gasteiger partial charge in [0.25, 0.3) is 0 Å². The highest BCUT2D eigenvalue weighted by Gasteiger charge is 2.40. The molecule has 3 N–H and O–H groups in total. The van der Waals surface area contributed by atoms with Crippen molar-refractivity contribution in [2.45, 2.75) is 50.3 Å². The molecule has 0 radical (unpaired) electrons. The molecule has 32 heavy (non-hydrogen) atoms. The normalized spacial score (nSPS) is 24.2. The second-order valence-electron chi connectivity index (χ2n) is 9.11. The molecule has 1 amide bonds.